The van der Waals surface area contributed by atoms with Crippen molar-refractivity contribution in [1.82, 2.24) is 9.80 Å². The monoisotopic (exact) mass is 322 g/mol. The summed E-state index contributed by atoms with van der Waals surface area (Å²) < 4.78 is 8.22. The van der Waals surface area contributed by atoms with E-state index in [1.54, 1.807) is 28.2 Å². The Labute approximate surface area is 133 Å². The number of hydrogen-bond donors (Lipinski definition) is 0. The molecule has 132 valence electrons. The molecule has 8 heteroatoms. The maximum absolute atomic E-state index is 10.1. The number of methoxy groups -OCH3 is 2. The number of rotatable bonds is 0. The van der Waals surface area contributed by atoms with Gasteiger partial charge in [-0.05, 0) is 0 Å². The number of carbonyl (C=O) groups is 4. The Morgan fingerprint density at radius 3 is 0.682 bits per heavy atom. The van der Waals surface area contributed by atoms with Crippen molar-refractivity contribution in [3.8, 4) is 0 Å². The van der Waals surface area contributed by atoms with Crippen LogP contribution in [0.5, 0.6) is 0 Å². The maximum atomic E-state index is 10.1. The normalized spacial score (nSPS) is 7.36. The van der Waals surface area contributed by atoms with E-state index in [9.17, 15) is 19.2 Å². The van der Waals surface area contributed by atoms with Crippen LogP contribution >= 0.6 is 0 Å². The second-order valence-corrected chi connectivity index (χ2v) is 4.22. The van der Waals surface area contributed by atoms with Gasteiger partial charge >= 0.3 is 11.9 Å². The molecule has 0 saturated carbocycles. The van der Waals surface area contributed by atoms with Crippen LogP contribution in [0.25, 0.3) is 0 Å². The predicted octanol–water partition coefficient (Wildman–Crippen LogP) is 0.548. The van der Waals surface area contributed by atoms with Crippen molar-refractivity contribution in [1.29, 1.82) is 0 Å². The summed E-state index contributed by atoms with van der Waals surface area (Å²) in [5.74, 6) is -0.306. The van der Waals surface area contributed by atoms with Gasteiger partial charge in [-0.1, -0.05) is 0 Å². The average Bonchev–Trinajstić information content (AvgIpc) is 2.40. The lowest BCUT2D eigenvalue weighted by Gasteiger charge is -2.02. The number of hydrogen-bond acceptors (Lipinski definition) is 6. The third-order valence-electron chi connectivity index (χ3n) is 1.83. The molecule has 0 spiro atoms. The molecule has 0 aliphatic carbocycles. The Kier molecular flexibility index (Phi) is 24.1. The van der Waals surface area contributed by atoms with Crippen molar-refractivity contribution < 1.29 is 28.7 Å². The predicted molar refractivity (Wildman–Crippen MR) is 84.1 cm³/mol. The van der Waals surface area contributed by atoms with Crippen LogP contribution in [0.3, 0.4) is 0 Å². The van der Waals surface area contributed by atoms with E-state index >= 15 is 0 Å². The Bertz CT molecular complexity index is 295. The molecule has 0 saturated heterocycles. The molecule has 22 heavy (non-hydrogen) atoms. The van der Waals surface area contributed by atoms with E-state index in [0.717, 1.165) is 0 Å². The van der Waals surface area contributed by atoms with Gasteiger partial charge in [-0.15, -0.1) is 0 Å². The van der Waals surface area contributed by atoms with Gasteiger partial charge in [0.05, 0.1) is 14.2 Å². The maximum Gasteiger partial charge on any atom is 0.302 e. The minimum Gasteiger partial charge on any atom is -0.469 e. The summed E-state index contributed by atoms with van der Waals surface area (Å²) in [6.07, 6.45) is 0. The third kappa shape index (κ3) is 52.2. The molecule has 0 heterocycles. The van der Waals surface area contributed by atoms with E-state index in [1.807, 2.05) is 0 Å². The number of ether oxygens (including phenoxy) is 2. The van der Waals surface area contributed by atoms with E-state index in [4.69, 9.17) is 0 Å². The van der Waals surface area contributed by atoms with Crippen molar-refractivity contribution in [2.45, 2.75) is 27.7 Å². The lowest BCUT2D eigenvalue weighted by atomic mass is 10.7. The first kappa shape index (κ1) is 28.1. The molecule has 8 nitrogen and oxygen atoms in total. The third-order valence-corrected chi connectivity index (χ3v) is 1.83. The number of carbonyl (C=O) groups excluding carboxylic acids is 4. The van der Waals surface area contributed by atoms with Gasteiger partial charge in [0.15, 0.2) is 0 Å². The molecule has 0 aromatic carbocycles. The standard InChI is InChI=1S/2C4H9NO.2C3H6O2/c2*1-4(6)5(2)3;2*1-3(4)5-2/h2*1-3H3;2*1-2H3. The largest absolute Gasteiger partial charge is 0.469 e. The minimum absolute atomic E-state index is 0.0926. The topological polar surface area (TPSA) is 93.2 Å². The summed E-state index contributed by atoms with van der Waals surface area (Å²) in [5.41, 5.74) is 0. The highest BCUT2D eigenvalue weighted by Crippen LogP contribution is 1.70. The summed E-state index contributed by atoms with van der Waals surface area (Å²) in [7, 11) is 9.60. The first-order chi connectivity index (χ1) is 9.83. The fourth-order valence-corrected chi connectivity index (χ4v) is 0. The lowest BCUT2D eigenvalue weighted by Crippen LogP contribution is -2.17. The molecule has 0 radical (unpaired) electrons. The Hall–Kier alpha value is -2.12. The van der Waals surface area contributed by atoms with Gasteiger partial charge in [0.2, 0.25) is 11.8 Å². The molecule has 0 N–H and O–H groups in total. The number of nitrogens with zero attached hydrogens (tertiary/aromatic N) is 2. The van der Waals surface area contributed by atoms with E-state index in [2.05, 4.69) is 9.47 Å². The van der Waals surface area contributed by atoms with Crippen molar-refractivity contribution in [3.63, 3.8) is 0 Å². The first-order valence-electron chi connectivity index (χ1n) is 6.28. The van der Waals surface area contributed by atoms with Gasteiger partial charge in [0.1, 0.15) is 0 Å². The number of esters is 2. The van der Waals surface area contributed by atoms with Crippen LogP contribution in [0.15, 0.2) is 0 Å². The summed E-state index contributed by atoms with van der Waals surface area (Å²) in [6.45, 7) is 5.78. The second kappa shape index (κ2) is 18.9. The quantitative estimate of drug-likeness (QED) is 0.605. The SMILES string of the molecule is CC(=O)N(C)C.CC(=O)N(C)C.COC(C)=O.COC(C)=O. The van der Waals surface area contributed by atoms with E-state index in [0.29, 0.717) is 0 Å². The van der Waals surface area contributed by atoms with E-state index < -0.39 is 0 Å². The second-order valence-electron chi connectivity index (χ2n) is 4.22. The van der Waals surface area contributed by atoms with Gasteiger partial charge in [-0.25, -0.2) is 0 Å². The molecule has 0 rings (SSSR count). The highest BCUT2D eigenvalue weighted by atomic mass is 16.5. The molecule has 0 fully saturated rings. The van der Waals surface area contributed by atoms with Crippen LogP contribution in [0, 0.1) is 0 Å². The molecule has 0 unspecified atom stereocenters. The molecule has 0 atom stereocenters. The first-order valence-corrected chi connectivity index (χ1v) is 6.28. The van der Waals surface area contributed by atoms with Crippen LogP contribution in [0.1, 0.15) is 27.7 Å². The zero-order valence-corrected chi connectivity index (χ0v) is 15.3. The molecule has 0 aromatic rings. The lowest BCUT2D eigenvalue weighted by molar-refractivity contribution is -0.138. The summed E-state index contributed by atoms with van der Waals surface area (Å²) in [5, 5.41) is 0. The summed E-state index contributed by atoms with van der Waals surface area (Å²) in [6, 6.07) is 0. The van der Waals surface area contributed by atoms with Crippen LogP contribution in [-0.4, -0.2) is 76.0 Å². The van der Waals surface area contributed by atoms with Crippen molar-refractivity contribution in [2.75, 3.05) is 42.4 Å². The summed E-state index contributed by atoms with van der Waals surface area (Å²) in [4.78, 5) is 42.4. The summed E-state index contributed by atoms with van der Waals surface area (Å²) >= 11 is 0. The molecule has 0 aromatic heterocycles. The Morgan fingerprint density at radius 1 is 0.591 bits per heavy atom. The van der Waals surface area contributed by atoms with Gasteiger partial charge < -0.3 is 19.3 Å². The zero-order valence-electron chi connectivity index (χ0n) is 15.3. The Balaban J connectivity index is -0.0000000986. The molecular formula is C14H30N2O6. The highest BCUT2D eigenvalue weighted by molar-refractivity contribution is 5.72. The van der Waals surface area contributed by atoms with Crippen molar-refractivity contribution in [3.05, 3.63) is 0 Å². The molecule has 0 bridgehead atoms. The highest BCUT2D eigenvalue weighted by Gasteiger charge is 1.88. The Morgan fingerprint density at radius 2 is 0.682 bits per heavy atom. The van der Waals surface area contributed by atoms with Crippen LogP contribution < -0.4 is 0 Å². The molecule has 0 aliphatic heterocycles. The van der Waals surface area contributed by atoms with Crippen LogP contribution in [0.2, 0.25) is 0 Å². The fraction of sp³-hybridized carbons (Fsp3) is 0.714. The van der Waals surface area contributed by atoms with Crippen LogP contribution in [0.4, 0.5) is 0 Å². The zero-order chi connectivity index (χ0) is 18.9. The van der Waals surface area contributed by atoms with Gasteiger partial charge in [0.25, 0.3) is 0 Å². The minimum atomic E-state index is -0.245. The number of amides is 2. The molecule has 0 aliphatic rings. The van der Waals surface area contributed by atoms with Crippen molar-refractivity contribution in [2.24, 2.45) is 0 Å². The fourth-order valence-electron chi connectivity index (χ4n) is 0. The van der Waals surface area contributed by atoms with E-state index in [1.165, 1.54) is 51.7 Å². The van der Waals surface area contributed by atoms with E-state index in [-0.39, 0.29) is 23.8 Å². The van der Waals surface area contributed by atoms with Crippen LogP contribution in [-0.2, 0) is 28.7 Å². The molecule has 2 amide bonds. The smallest absolute Gasteiger partial charge is 0.302 e. The van der Waals surface area contributed by atoms with Gasteiger partial charge in [0, 0.05) is 55.9 Å². The van der Waals surface area contributed by atoms with Gasteiger partial charge in [-0.3, -0.25) is 19.2 Å². The van der Waals surface area contributed by atoms with Gasteiger partial charge in [-0.2, -0.15) is 0 Å². The average molecular weight is 322 g/mol. The van der Waals surface area contributed by atoms with Crippen molar-refractivity contribution >= 4 is 23.8 Å². The molecular weight excluding hydrogens is 292 g/mol.